The number of rotatable bonds is 2. The average Bonchev–Trinajstić information content (AvgIpc) is 2.19. The Morgan fingerprint density at radius 2 is 1.92 bits per heavy atom. The van der Waals surface area contributed by atoms with Crippen molar-refractivity contribution in [1.29, 1.82) is 0 Å². The van der Waals surface area contributed by atoms with Gasteiger partial charge in [-0.05, 0) is 5.56 Å². The van der Waals surface area contributed by atoms with E-state index in [-0.39, 0.29) is 6.04 Å². The molecular weight excluding hydrogens is 158 g/mol. The normalized spacial score (nSPS) is 11.5. The van der Waals surface area contributed by atoms with Crippen molar-refractivity contribution in [3.05, 3.63) is 35.9 Å². The molecule has 0 aliphatic heterocycles. The van der Waals surface area contributed by atoms with Gasteiger partial charge >= 0.3 is 0 Å². The predicted molar refractivity (Wildman–Crippen MR) is 56.1 cm³/mol. The second-order valence-corrected chi connectivity index (χ2v) is 2.93. The van der Waals surface area contributed by atoms with Gasteiger partial charge in [-0.1, -0.05) is 37.3 Å². The van der Waals surface area contributed by atoms with E-state index in [1.807, 2.05) is 37.3 Å². The van der Waals surface area contributed by atoms with Crippen LogP contribution in [0.2, 0.25) is 0 Å². The molecule has 0 radical (unpaired) electrons. The van der Waals surface area contributed by atoms with E-state index in [9.17, 15) is 0 Å². The number of hydrogen-bond donors (Lipinski definition) is 1. The van der Waals surface area contributed by atoms with Crippen molar-refractivity contribution in [1.82, 2.24) is 0 Å². The smallest absolute Gasteiger partial charge is 0.0405 e. The van der Waals surface area contributed by atoms with Gasteiger partial charge in [0.1, 0.15) is 0 Å². The fourth-order valence-corrected chi connectivity index (χ4v) is 1.13. The second-order valence-electron chi connectivity index (χ2n) is 2.93. The van der Waals surface area contributed by atoms with Crippen LogP contribution >= 0.6 is 0 Å². The maximum Gasteiger partial charge on any atom is 0.0405 e. The zero-order chi connectivity index (χ0) is 9.52. The van der Waals surface area contributed by atoms with E-state index in [1.54, 1.807) is 0 Å². The van der Waals surface area contributed by atoms with E-state index < -0.39 is 0 Å². The molecule has 0 amide bonds. The first-order valence-corrected chi connectivity index (χ1v) is 4.61. The molecule has 1 unspecified atom stereocenters. The van der Waals surface area contributed by atoms with Crippen LogP contribution in [-0.4, -0.2) is 0 Å². The van der Waals surface area contributed by atoms with Gasteiger partial charge in [-0.15, -0.1) is 11.8 Å². The minimum atomic E-state index is 0.0558. The molecule has 1 rings (SSSR count). The van der Waals surface area contributed by atoms with Crippen molar-refractivity contribution in [2.75, 3.05) is 0 Å². The highest BCUT2D eigenvalue weighted by molar-refractivity contribution is 5.20. The second kappa shape index (κ2) is 5.40. The largest absolute Gasteiger partial charge is 0.323 e. The van der Waals surface area contributed by atoms with Gasteiger partial charge in [-0.3, -0.25) is 0 Å². The zero-order valence-electron chi connectivity index (χ0n) is 7.96. The van der Waals surface area contributed by atoms with Crippen LogP contribution in [0.25, 0.3) is 0 Å². The third-order valence-electron chi connectivity index (χ3n) is 1.85. The number of nitrogens with two attached hydrogens (primary N) is 1. The van der Waals surface area contributed by atoms with Crippen LogP contribution < -0.4 is 5.73 Å². The zero-order valence-corrected chi connectivity index (χ0v) is 7.96. The summed E-state index contributed by atoms with van der Waals surface area (Å²) in [6, 6.07) is 10.1. The van der Waals surface area contributed by atoms with Crippen LogP contribution in [0.1, 0.15) is 31.4 Å². The van der Waals surface area contributed by atoms with Crippen molar-refractivity contribution in [2.45, 2.75) is 25.8 Å². The maximum absolute atomic E-state index is 5.93. The molecule has 0 spiro atoms. The van der Waals surface area contributed by atoms with Crippen LogP contribution in [-0.2, 0) is 0 Å². The first-order chi connectivity index (χ1) is 6.34. The van der Waals surface area contributed by atoms with Crippen LogP contribution in [0, 0.1) is 11.8 Å². The molecule has 0 aliphatic rings. The van der Waals surface area contributed by atoms with E-state index in [0.29, 0.717) is 0 Å². The van der Waals surface area contributed by atoms with Crippen LogP contribution in [0.4, 0.5) is 0 Å². The maximum atomic E-state index is 5.93. The average molecular weight is 173 g/mol. The van der Waals surface area contributed by atoms with Crippen molar-refractivity contribution in [3.8, 4) is 11.8 Å². The van der Waals surface area contributed by atoms with Gasteiger partial charge in [0.25, 0.3) is 0 Å². The fraction of sp³-hybridized carbons (Fsp3) is 0.333. The summed E-state index contributed by atoms with van der Waals surface area (Å²) in [5, 5.41) is 0. The van der Waals surface area contributed by atoms with Crippen LogP contribution in [0.15, 0.2) is 30.3 Å². The summed E-state index contributed by atoms with van der Waals surface area (Å²) in [5.41, 5.74) is 7.09. The van der Waals surface area contributed by atoms with Gasteiger partial charge in [0.15, 0.2) is 0 Å². The molecule has 0 fully saturated rings. The highest BCUT2D eigenvalue weighted by atomic mass is 14.6. The lowest BCUT2D eigenvalue weighted by Crippen LogP contribution is -2.08. The molecule has 1 aromatic rings. The number of hydrogen-bond acceptors (Lipinski definition) is 1. The molecule has 0 saturated carbocycles. The first-order valence-electron chi connectivity index (χ1n) is 4.61. The van der Waals surface area contributed by atoms with Gasteiger partial charge in [0.2, 0.25) is 0 Å². The Labute approximate surface area is 80.0 Å². The molecule has 13 heavy (non-hydrogen) atoms. The third kappa shape index (κ3) is 3.31. The highest BCUT2D eigenvalue weighted by Gasteiger charge is 2.01. The van der Waals surface area contributed by atoms with Crippen molar-refractivity contribution in [3.63, 3.8) is 0 Å². The lowest BCUT2D eigenvalue weighted by atomic mass is 10.1. The van der Waals surface area contributed by atoms with Gasteiger partial charge in [-0.2, -0.15) is 0 Å². The van der Waals surface area contributed by atoms with Gasteiger partial charge in [0, 0.05) is 18.9 Å². The summed E-state index contributed by atoms with van der Waals surface area (Å²) in [7, 11) is 0. The molecule has 0 saturated heterocycles. The summed E-state index contributed by atoms with van der Waals surface area (Å²) in [6.45, 7) is 2.04. The van der Waals surface area contributed by atoms with Gasteiger partial charge < -0.3 is 5.73 Å². The Morgan fingerprint density at radius 3 is 2.54 bits per heavy atom. The lowest BCUT2D eigenvalue weighted by Gasteiger charge is -2.06. The molecule has 1 atom stereocenters. The minimum Gasteiger partial charge on any atom is -0.323 e. The fourth-order valence-electron chi connectivity index (χ4n) is 1.13. The van der Waals surface area contributed by atoms with E-state index in [2.05, 4.69) is 11.8 Å². The van der Waals surface area contributed by atoms with Gasteiger partial charge in [0.05, 0.1) is 0 Å². The molecular formula is C12H15N. The molecule has 1 heteroatoms. The molecule has 0 heterocycles. The van der Waals surface area contributed by atoms with E-state index >= 15 is 0 Å². The Hall–Kier alpha value is -1.26. The Morgan fingerprint density at radius 1 is 1.23 bits per heavy atom. The SMILES string of the molecule is CCC#CCC(N)c1ccccc1. The standard InChI is InChI=1S/C12H15N/c1-2-3-5-10-12(13)11-8-6-4-7-9-11/h4,6-9,12H,2,10,13H2,1H3. The molecule has 1 nitrogen and oxygen atoms in total. The van der Waals surface area contributed by atoms with E-state index in [0.717, 1.165) is 18.4 Å². The molecule has 0 bridgehead atoms. The van der Waals surface area contributed by atoms with Gasteiger partial charge in [-0.25, -0.2) is 0 Å². The van der Waals surface area contributed by atoms with E-state index in [4.69, 9.17) is 5.73 Å². The molecule has 68 valence electrons. The third-order valence-corrected chi connectivity index (χ3v) is 1.85. The molecule has 0 aromatic heterocycles. The number of benzene rings is 1. The summed E-state index contributed by atoms with van der Waals surface area (Å²) in [4.78, 5) is 0. The Bertz CT molecular complexity index is 292. The molecule has 1 aromatic carbocycles. The quantitative estimate of drug-likeness (QED) is 0.683. The van der Waals surface area contributed by atoms with Crippen molar-refractivity contribution >= 4 is 0 Å². The molecule has 2 N–H and O–H groups in total. The Kier molecular flexibility index (Phi) is 4.08. The molecule has 0 aliphatic carbocycles. The summed E-state index contributed by atoms with van der Waals surface area (Å²) >= 11 is 0. The summed E-state index contributed by atoms with van der Waals surface area (Å²) < 4.78 is 0. The monoisotopic (exact) mass is 173 g/mol. The topological polar surface area (TPSA) is 26.0 Å². The summed E-state index contributed by atoms with van der Waals surface area (Å²) in [5.74, 6) is 6.08. The van der Waals surface area contributed by atoms with Crippen molar-refractivity contribution in [2.24, 2.45) is 5.73 Å². The van der Waals surface area contributed by atoms with E-state index in [1.165, 1.54) is 0 Å². The Balaban J connectivity index is 2.54. The highest BCUT2D eigenvalue weighted by Crippen LogP contribution is 2.11. The van der Waals surface area contributed by atoms with Crippen LogP contribution in [0.5, 0.6) is 0 Å². The van der Waals surface area contributed by atoms with Crippen LogP contribution in [0.3, 0.4) is 0 Å². The predicted octanol–water partition coefficient (Wildman–Crippen LogP) is 2.49. The minimum absolute atomic E-state index is 0.0558. The van der Waals surface area contributed by atoms with Crippen molar-refractivity contribution < 1.29 is 0 Å². The lowest BCUT2D eigenvalue weighted by molar-refractivity contribution is 0.754. The first kappa shape index (κ1) is 9.83. The summed E-state index contributed by atoms with van der Waals surface area (Å²) in [6.07, 6.45) is 1.65.